The summed E-state index contributed by atoms with van der Waals surface area (Å²) in [5.74, 6) is 0.126. The number of hydrogen-bond donors (Lipinski definition) is 0. The monoisotopic (exact) mass is 647 g/mol. The summed E-state index contributed by atoms with van der Waals surface area (Å²) < 4.78 is 0. The van der Waals surface area contributed by atoms with Crippen molar-refractivity contribution in [2.45, 2.75) is 11.3 Å². The van der Waals surface area contributed by atoms with Crippen LogP contribution in [0.1, 0.15) is 44.9 Å². The molecule has 0 fully saturated rings. The van der Waals surface area contributed by atoms with Crippen molar-refractivity contribution in [2.75, 3.05) is 4.90 Å². The predicted molar refractivity (Wildman–Crippen MR) is 210 cm³/mol. The zero-order chi connectivity index (χ0) is 33.5. The lowest BCUT2D eigenvalue weighted by Crippen LogP contribution is -2.47. The molecule has 0 saturated carbocycles. The Labute approximate surface area is 298 Å². The van der Waals surface area contributed by atoms with E-state index in [-0.39, 0.29) is 5.92 Å². The Morgan fingerprint density at radius 1 is 0.373 bits per heavy atom. The summed E-state index contributed by atoms with van der Waals surface area (Å²) >= 11 is 0. The van der Waals surface area contributed by atoms with E-state index >= 15 is 0 Å². The van der Waals surface area contributed by atoms with Crippen molar-refractivity contribution < 1.29 is 0 Å². The van der Waals surface area contributed by atoms with Crippen molar-refractivity contribution in [3.63, 3.8) is 0 Å². The first-order valence-corrected chi connectivity index (χ1v) is 17.9. The zero-order valence-corrected chi connectivity index (χ0v) is 28.0. The van der Waals surface area contributed by atoms with E-state index < -0.39 is 5.41 Å². The molecule has 1 spiro atoms. The summed E-state index contributed by atoms with van der Waals surface area (Å²) in [6, 6.07) is 72.2. The summed E-state index contributed by atoms with van der Waals surface area (Å²) in [7, 11) is 0. The van der Waals surface area contributed by atoms with Gasteiger partial charge in [-0.2, -0.15) is 0 Å². The van der Waals surface area contributed by atoms with Gasteiger partial charge in [0.25, 0.3) is 0 Å². The van der Waals surface area contributed by atoms with E-state index in [1.54, 1.807) is 0 Å². The average Bonchev–Trinajstić information content (AvgIpc) is 3.22. The quantitative estimate of drug-likeness (QED) is 0.184. The first-order chi connectivity index (χ1) is 25.3. The average molecular weight is 648 g/mol. The Hall–Kier alpha value is -6.44. The van der Waals surface area contributed by atoms with E-state index in [4.69, 9.17) is 0 Å². The summed E-state index contributed by atoms with van der Waals surface area (Å²) in [4.78, 5) is 2.54. The Bertz CT molecular complexity index is 2590. The fourth-order valence-corrected chi connectivity index (χ4v) is 9.56. The van der Waals surface area contributed by atoms with Crippen molar-refractivity contribution in [1.29, 1.82) is 0 Å². The van der Waals surface area contributed by atoms with Crippen LogP contribution in [-0.4, -0.2) is 0 Å². The first kappa shape index (κ1) is 28.4. The molecule has 3 aliphatic carbocycles. The van der Waals surface area contributed by atoms with Gasteiger partial charge >= 0.3 is 0 Å². The minimum atomic E-state index is -0.495. The molecule has 4 aliphatic rings. The molecular weight excluding hydrogens is 615 g/mol. The third kappa shape index (κ3) is 3.86. The minimum Gasteiger partial charge on any atom is -0.310 e. The molecule has 8 aromatic carbocycles. The number of nitrogens with zero attached hydrogens (tertiary/aromatic N) is 1. The third-order valence-corrected chi connectivity index (χ3v) is 11.5. The second-order valence-corrected chi connectivity index (χ2v) is 14.0. The van der Waals surface area contributed by atoms with Crippen LogP contribution in [-0.2, 0) is 5.41 Å². The van der Waals surface area contributed by atoms with E-state index in [1.807, 2.05) is 0 Å². The second-order valence-electron chi connectivity index (χ2n) is 14.0. The van der Waals surface area contributed by atoms with Crippen molar-refractivity contribution >= 4 is 17.1 Å². The second kappa shape index (κ2) is 10.8. The number of fused-ring (bicyclic) bond motifs is 1. The van der Waals surface area contributed by atoms with Crippen LogP contribution in [0.5, 0.6) is 0 Å². The lowest BCUT2D eigenvalue weighted by Gasteiger charge is -2.56. The standard InChI is InChI=1S/C50H33N/c1-4-15-33(16-5-1)36-21-14-22-38(31-36)51-45-29-27-37(34-17-6-2-7-18-34)32-44(45)50-42-25-12-10-23-40(42)47(41-24-11-13-26-43(41)50)48-39(28-30-46(51)49(48)50)35-19-8-3-9-20-35/h1-32,47H. The van der Waals surface area contributed by atoms with Gasteiger partial charge in [0.05, 0.1) is 16.8 Å². The fourth-order valence-electron chi connectivity index (χ4n) is 9.56. The highest BCUT2D eigenvalue weighted by atomic mass is 15.2. The Morgan fingerprint density at radius 3 is 1.55 bits per heavy atom. The van der Waals surface area contributed by atoms with Gasteiger partial charge in [0.15, 0.2) is 0 Å². The molecule has 2 bridgehead atoms. The molecular formula is C50H33N. The lowest BCUT2D eigenvalue weighted by molar-refractivity contribution is 0.623. The maximum atomic E-state index is 2.54. The van der Waals surface area contributed by atoms with Gasteiger partial charge in [0.1, 0.15) is 0 Å². The van der Waals surface area contributed by atoms with E-state index in [2.05, 4.69) is 199 Å². The SMILES string of the molecule is c1ccc(-c2cccc(N3c4ccc(-c5ccccc5)cc4C45c6ccccc6C(c6ccccc64)c4c(-c6ccccc6)ccc3c45)c2)cc1. The summed E-state index contributed by atoms with van der Waals surface area (Å²) in [6.45, 7) is 0. The van der Waals surface area contributed by atoms with Gasteiger partial charge < -0.3 is 4.90 Å². The van der Waals surface area contributed by atoms with Gasteiger partial charge in [0.2, 0.25) is 0 Å². The minimum absolute atomic E-state index is 0.126. The Balaban J connectivity index is 1.30. The maximum absolute atomic E-state index is 2.54. The highest BCUT2D eigenvalue weighted by Crippen LogP contribution is 2.69. The van der Waals surface area contributed by atoms with Gasteiger partial charge in [-0.1, -0.05) is 164 Å². The van der Waals surface area contributed by atoms with E-state index in [0.29, 0.717) is 0 Å². The molecule has 0 amide bonds. The van der Waals surface area contributed by atoms with Crippen LogP contribution in [0.4, 0.5) is 17.1 Å². The first-order valence-electron chi connectivity index (χ1n) is 17.9. The molecule has 12 rings (SSSR count). The fraction of sp³-hybridized carbons (Fsp3) is 0.0400. The van der Waals surface area contributed by atoms with E-state index in [0.717, 1.165) is 5.69 Å². The van der Waals surface area contributed by atoms with Gasteiger partial charge in [-0.05, 0) is 97.1 Å². The van der Waals surface area contributed by atoms with Crippen molar-refractivity contribution in [1.82, 2.24) is 0 Å². The van der Waals surface area contributed by atoms with Crippen LogP contribution in [0, 0.1) is 0 Å². The zero-order valence-electron chi connectivity index (χ0n) is 28.0. The Morgan fingerprint density at radius 2 is 0.902 bits per heavy atom. The molecule has 0 radical (unpaired) electrons. The third-order valence-electron chi connectivity index (χ3n) is 11.5. The summed E-state index contributed by atoms with van der Waals surface area (Å²) in [5.41, 5.74) is 20.4. The van der Waals surface area contributed by atoms with E-state index in [1.165, 1.54) is 83.7 Å². The molecule has 1 nitrogen and oxygen atoms in total. The number of anilines is 3. The van der Waals surface area contributed by atoms with Crippen LogP contribution < -0.4 is 4.90 Å². The summed E-state index contributed by atoms with van der Waals surface area (Å²) in [5, 5.41) is 0. The smallest absolute Gasteiger partial charge is 0.0751 e. The molecule has 0 unspecified atom stereocenters. The van der Waals surface area contributed by atoms with Gasteiger partial charge in [-0.15, -0.1) is 0 Å². The van der Waals surface area contributed by atoms with Crippen LogP contribution in [0.3, 0.4) is 0 Å². The van der Waals surface area contributed by atoms with Crippen molar-refractivity contribution in [3.8, 4) is 33.4 Å². The molecule has 1 heterocycles. The normalized spacial score (nSPS) is 17.3. The summed E-state index contributed by atoms with van der Waals surface area (Å²) in [6.07, 6.45) is 0. The molecule has 238 valence electrons. The maximum Gasteiger partial charge on any atom is 0.0751 e. The molecule has 0 saturated heterocycles. The van der Waals surface area contributed by atoms with Crippen LogP contribution in [0.2, 0.25) is 0 Å². The van der Waals surface area contributed by atoms with E-state index in [9.17, 15) is 0 Å². The lowest BCUT2D eigenvalue weighted by atomic mass is 9.48. The van der Waals surface area contributed by atoms with Crippen LogP contribution in [0.25, 0.3) is 33.4 Å². The van der Waals surface area contributed by atoms with Crippen molar-refractivity contribution in [3.05, 3.63) is 233 Å². The molecule has 0 atom stereocenters. The van der Waals surface area contributed by atoms with Gasteiger partial charge in [0, 0.05) is 17.2 Å². The van der Waals surface area contributed by atoms with Crippen molar-refractivity contribution in [2.24, 2.45) is 0 Å². The predicted octanol–water partition coefficient (Wildman–Crippen LogP) is 12.7. The molecule has 0 aromatic heterocycles. The van der Waals surface area contributed by atoms with Gasteiger partial charge in [-0.3, -0.25) is 0 Å². The number of hydrogen-bond acceptors (Lipinski definition) is 1. The van der Waals surface area contributed by atoms with Crippen LogP contribution in [0.15, 0.2) is 194 Å². The highest BCUT2D eigenvalue weighted by Gasteiger charge is 2.57. The molecule has 1 heteroatoms. The number of rotatable bonds is 4. The Kier molecular flexibility index (Phi) is 6.00. The van der Waals surface area contributed by atoms with Gasteiger partial charge in [-0.25, -0.2) is 0 Å². The van der Waals surface area contributed by atoms with Crippen LogP contribution >= 0.6 is 0 Å². The molecule has 51 heavy (non-hydrogen) atoms. The number of benzene rings is 8. The molecule has 1 aliphatic heterocycles. The topological polar surface area (TPSA) is 3.24 Å². The largest absolute Gasteiger partial charge is 0.310 e. The highest BCUT2D eigenvalue weighted by molar-refractivity contribution is 5.98. The molecule has 8 aromatic rings. The molecule has 0 N–H and O–H groups in total.